The summed E-state index contributed by atoms with van der Waals surface area (Å²) in [5.41, 5.74) is 1.14. The molecular formula is C19H19FN2O4. The van der Waals surface area contributed by atoms with Crippen LogP contribution in [0.3, 0.4) is 0 Å². The summed E-state index contributed by atoms with van der Waals surface area (Å²) < 4.78 is 23.9. The maximum absolute atomic E-state index is 12.9. The van der Waals surface area contributed by atoms with Crippen LogP contribution in [0.1, 0.15) is 13.3 Å². The van der Waals surface area contributed by atoms with E-state index in [1.54, 1.807) is 18.2 Å². The number of benzene rings is 2. The van der Waals surface area contributed by atoms with Crippen LogP contribution in [-0.2, 0) is 9.59 Å². The molecule has 26 heavy (non-hydrogen) atoms. The van der Waals surface area contributed by atoms with E-state index in [2.05, 4.69) is 5.32 Å². The topological polar surface area (TPSA) is 67.9 Å². The molecule has 1 aliphatic heterocycles. The van der Waals surface area contributed by atoms with Crippen molar-refractivity contribution in [3.8, 4) is 11.5 Å². The molecule has 7 heteroatoms. The van der Waals surface area contributed by atoms with Gasteiger partial charge < -0.3 is 19.7 Å². The molecule has 0 aromatic heterocycles. The number of nitrogens with zero attached hydrogens (tertiary/aromatic N) is 1. The Balaban J connectivity index is 1.64. The molecular weight excluding hydrogens is 339 g/mol. The molecule has 1 aliphatic rings. The van der Waals surface area contributed by atoms with Crippen LogP contribution in [0.25, 0.3) is 0 Å². The van der Waals surface area contributed by atoms with Crippen molar-refractivity contribution in [1.82, 2.24) is 0 Å². The van der Waals surface area contributed by atoms with Crippen molar-refractivity contribution in [2.45, 2.75) is 13.3 Å². The Kier molecular flexibility index (Phi) is 5.36. The van der Waals surface area contributed by atoms with Gasteiger partial charge in [-0.1, -0.05) is 0 Å². The van der Waals surface area contributed by atoms with Crippen molar-refractivity contribution >= 4 is 23.2 Å². The number of fused-ring (bicyclic) bond motifs is 1. The van der Waals surface area contributed by atoms with Gasteiger partial charge >= 0.3 is 0 Å². The average molecular weight is 358 g/mol. The molecule has 0 aliphatic carbocycles. The molecule has 1 heterocycles. The first-order chi connectivity index (χ1) is 12.5. The molecule has 1 N–H and O–H groups in total. The Morgan fingerprint density at radius 2 is 1.77 bits per heavy atom. The number of ether oxygens (including phenoxy) is 2. The molecule has 0 unspecified atom stereocenters. The van der Waals surface area contributed by atoms with Gasteiger partial charge in [-0.15, -0.1) is 0 Å². The maximum atomic E-state index is 12.9. The van der Waals surface area contributed by atoms with Gasteiger partial charge in [0.25, 0.3) is 0 Å². The molecule has 0 spiro atoms. The summed E-state index contributed by atoms with van der Waals surface area (Å²) in [6.45, 7) is 2.60. The smallest absolute Gasteiger partial charge is 0.226 e. The lowest BCUT2D eigenvalue weighted by Gasteiger charge is -2.24. The Bertz CT molecular complexity index is 808. The third-order valence-electron chi connectivity index (χ3n) is 3.91. The minimum absolute atomic E-state index is 0.103. The number of amides is 2. The van der Waals surface area contributed by atoms with Gasteiger partial charge in [-0.25, -0.2) is 4.39 Å². The summed E-state index contributed by atoms with van der Waals surface area (Å²) in [7, 11) is 0. The minimum Gasteiger partial charge on any atom is -0.486 e. The molecule has 6 nitrogen and oxygen atoms in total. The fourth-order valence-corrected chi connectivity index (χ4v) is 2.64. The highest BCUT2D eigenvalue weighted by molar-refractivity contribution is 5.95. The van der Waals surface area contributed by atoms with E-state index in [4.69, 9.17) is 9.47 Å². The van der Waals surface area contributed by atoms with Gasteiger partial charge in [0.1, 0.15) is 19.0 Å². The van der Waals surface area contributed by atoms with Crippen LogP contribution in [0, 0.1) is 5.82 Å². The highest BCUT2D eigenvalue weighted by Gasteiger charge is 2.18. The quantitative estimate of drug-likeness (QED) is 0.892. The van der Waals surface area contributed by atoms with Gasteiger partial charge in [0, 0.05) is 37.3 Å². The zero-order chi connectivity index (χ0) is 18.5. The molecule has 0 bridgehead atoms. The molecule has 2 aromatic carbocycles. The fourth-order valence-electron chi connectivity index (χ4n) is 2.64. The largest absolute Gasteiger partial charge is 0.486 e. The Morgan fingerprint density at radius 3 is 2.46 bits per heavy atom. The number of halogens is 1. The minimum atomic E-state index is -0.371. The second-order valence-electron chi connectivity index (χ2n) is 5.80. The second-order valence-corrected chi connectivity index (χ2v) is 5.80. The van der Waals surface area contributed by atoms with Crippen LogP contribution in [0.2, 0.25) is 0 Å². The van der Waals surface area contributed by atoms with Gasteiger partial charge in [-0.05, 0) is 36.4 Å². The van der Waals surface area contributed by atoms with Crippen molar-refractivity contribution in [2.75, 3.05) is 30.0 Å². The van der Waals surface area contributed by atoms with Crippen molar-refractivity contribution in [3.63, 3.8) is 0 Å². The van der Waals surface area contributed by atoms with E-state index >= 15 is 0 Å². The number of anilines is 2. The Hall–Kier alpha value is -3.09. The van der Waals surface area contributed by atoms with Crippen LogP contribution in [0.5, 0.6) is 11.5 Å². The summed E-state index contributed by atoms with van der Waals surface area (Å²) in [4.78, 5) is 25.6. The number of carbonyl (C=O) groups excluding carboxylic acids is 2. The van der Waals surface area contributed by atoms with Gasteiger partial charge in [0.05, 0.1) is 0 Å². The highest BCUT2D eigenvalue weighted by Crippen LogP contribution is 2.34. The summed E-state index contributed by atoms with van der Waals surface area (Å²) in [5, 5.41) is 2.68. The first kappa shape index (κ1) is 17.7. The molecule has 3 rings (SSSR count). The SMILES string of the molecule is CC(=O)N(CCC(=O)Nc1ccc(F)cc1)c1ccc2c(c1)OCCO2. The van der Waals surface area contributed by atoms with E-state index in [0.717, 1.165) is 0 Å². The zero-order valence-corrected chi connectivity index (χ0v) is 14.3. The van der Waals surface area contributed by atoms with Crippen molar-refractivity contribution < 1.29 is 23.5 Å². The van der Waals surface area contributed by atoms with E-state index in [-0.39, 0.29) is 30.6 Å². The van der Waals surface area contributed by atoms with E-state index in [1.807, 2.05) is 0 Å². The van der Waals surface area contributed by atoms with E-state index < -0.39 is 0 Å². The fraction of sp³-hybridized carbons (Fsp3) is 0.263. The molecule has 0 saturated carbocycles. The third kappa shape index (κ3) is 4.30. The molecule has 0 fully saturated rings. The first-order valence-corrected chi connectivity index (χ1v) is 8.26. The maximum Gasteiger partial charge on any atom is 0.226 e. The molecule has 2 aromatic rings. The zero-order valence-electron chi connectivity index (χ0n) is 14.3. The van der Waals surface area contributed by atoms with Gasteiger partial charge in [-0.3, -0.25) is 9.59 Å². The number of hydrogen-bond acceptors (Lipinski definition) is 4. The van der Waals surface area contributed by atoms with Crippen LogP contribution < -0.4 is 19.7 Å². The molecule has 2 amide bonds. The predicted molar refractivity (Wildman–Crippen MR) is 95.1 cm³/mol. The highest BCUT2D eigenvalue weighted by atomic mass is 19.1. The van der Waals surface area contributed by atoms with E-state index in [1.165, 1.54) is 36.1 Å². The number of carbonyl (C=O) groups is 2. The Morgan fingerprint density at radius 1 is 1.08 bits per heavy atom. The Labute approximate surface area is 150 Å². The standard InChI is InChI=1S/C19H19FN2O4/c1-13(23)22(16-6-7-17-18(12-16)26-11-10-25-17)9-8-19(24)21-15-4-2-14(20)3-5-15/h2-7,12H,8-11H2,1H3,(H,21,24). The van der Waals surface area contributed by atoms with E-state index in [0.29, 0.717) is 36.1 Å². The van der Waals surface area contributed by atoms with Crippen molar-refractivity contribution in [2.24, 2.45) is 0 Å². The van der Waals surface area contributed by atoms with Gasteiger partial charge in [-0.2, -0.15) is 0 Å². The average Bonchev–Trinajstić information content (AvgIpc) is 2.63. The number of rotatable bonds is 5. The van der Waals surface area contributed by atoms with Crippen LogP contribution in [-0.4, -0.2) is 31.6 Å². The lowest BCUT2D eigenvalue weighted by atomic mass is 10.2. The van der Waals surface area contributed by atoms with Gasteiger partial charge in [0.2, 0.25) is 11.8 Å². The van der Waals surface area contributed by atoms with Crippen LogP contribution in [0.4, 0.5) is 15.8 Å². The molecule has 0 saturated heterocycles. The first-order valence-electron chi connectivity index (χ1n) is 8.26. The normalized spacial score (nSPS) is 12.4. The monoisotopic (exact) mass is 358 g/mol. The van der Waals surface area contributed by atoms with Crippen molar-refractivity contribution in [3.05, 3.63) is 48.3 Å². The second kappa shape index (κ2) is 7.86. The summed E-state index contributed by atoms with van der Waals surface area (Å²) in [6, 6.07) is 10.7. The molecule has 0 radical (unpaired) electrons. The van der Waals surface area contributed by atoms with Crippen molar-refractivity contribution in [1.29, 1.82) is 0 Å². The number of hydrogen-bond donors (Lipinski definition) is 1. The molecule has 0 atom stereocenters. The molecule has 136 valence electrons. The van der Waals surface area contributed by atoms with Crippen LogP contribution in [0.15, 0.2) is 42.5 Å². The van der Waals surface area contributed by atoms with E-state index in [9.17, 15) is 14.0 Å². The predicted octanol–water partition coefficient (Wildman–Crippen LogP) is 2.98. The summed E-state index contributed by atoms with van der Waals surface area (Å²) >= 11 is 0. The summed E-state index contributed by atoms with van der Waals surface area (Å²) in [6.07, 6.45) is 0.103. The number of nitrogens with one attached hydrogen (secondary N) is 1. The lowest BCUT2D eigenvalue weighted by Crippen LogP contribution is -2.32. The van der Waals surface area contributed by atoms with Crippen LogP contribution >= 0.6 is 0 Å². The lowest BCUT2D eigenvalue weighted by molar-refractivity contribution is -0.117. The third-order valence-corrected chi connectivity index (χ3v) is 3.91. The van der Waals surface area contributed by atoms with Gasteiger partial charge in [0.15, 0.2) is 11.5 Å². The summed E-state index contributed by atoms with van der Waals surface area (Å²) in [5.74, 6) is 0.398.